The molecule has 0 aliphatic carbocycles. The molecule has 0 saturated heterocycles. The lowest BCUT2D eigenvalue weighted by Gasteiger charge is -2.03. The van der Waals surface area contributed by atoms with Crippen LogP contribution in [0, 0.1) is 0 Å². The van der Waals surface area contributed by atoms with Gasteiger partial charge >= 0.3 is 0 Å². The Kier molecular flexibility index (Phi) is 15.6. The Labute approximate surface area is 153 Å². The molecule has 0 amide bonds. The molecule has 0 bridgehead atoms. The molecule has 0 radical (unpaired) electrons. The van der Waals surface area contributed by atoms with Gasteiger partial charge in [-0.05, 0) is 94.0 Å². The molecular formula is C21H36OP2. The maximum Gasteiger partial charge on any atom is 0.178 e. The zero-order valence-corrected chi connectivity index (χ0v) is 18.2. The minimum atomic E-state index is 0.285. The van der Waals surface area contributed by atoms with E-state index in [2.05, 4.69) is 58.9 Å². The molecule has 24 heavy (non-hydrogen) atoms. The van der Waals surface area contributed by atoms with Crippen LogP contribution < -0.4 is 0 Å². The van der Waals surface area contributed by atoms with Crippen molar-refractivity contribution in [2.45, 2.75) is 79.6 Å². The first kappa shape index (κ1) is 23.5. The van der Waals surface area contributed by atoms with Crippen molar-refractivity contribution in [1.29, 1.82) is 0 Å². The largest absolute Gasteiger partial charge is 0.270 e. The summed E-state index contributed by atoms with van der Waals surface area (Å²) in [6.45, 7) is 11.0. The highest BCUT2D eigenvalue weighted by atomic mass is 32.0. The average molecular weight is 366 g/mol. The van der Waals surface area contributed by atoms with Crippen LogP contribution in [0.5, 0.6) is 0 Å². The summed E-state index contributed by atoms with van der Waals surface area (Å²) in [6, 6.07) is 0. The van der Waals surface area contributed by atoms with Gasteiger partial charge in [-0.15, -0.1) is 0 Å². The molecule has 0 fully saturated rings. The van der Waals surface area contributed by atoms with Crippen LogP contribution in [0.2, 0.25) is 0 Å². The highest BCUT2D eigenvalue weighted by molar-refractivity contribution is 8.05. The second-order valence-corrected chi connectivity index (χ2v) is 9.26. The van der Waals surface area contributed by atoms with Crippen molar-refractivity contribution < 1.29 is 4.57 Å². The second-order valence-electron chi connectivity index (χ2n) is 6.86. The van der Waals surface area contributed by atoms with Crippen LogP contribution in [-0.2, 0) is 4.57 Å². The fourth-order valence-corrected chi connectivity index (χ4v) is 3.44. The van der Waals surface area contributed by atoms with E-state index in [0.29, 0.717) is 8.27 Å². The van der Waals surface area contributed by atoms with Gasteiger partial charge in [0.1, 0.15) is 0 Å². The van der Waals surface area contributed by atoms with Crippen LogP contribution in [0.25, 0.3) is 0 Å². The summed E-state index contributed by atoms with van der Waals surface area (Å²) in [5, 5.41) is 0. The van der Waals surface area contributed by atoms with Crippen molar-refractivity contribution in [3.8, 4) is 0 Å². The third kappa shape index (κ3) is 16.4. The van der Waals surface area contributed by atoms with Gasteiger partial charge in [-0.25, -0.2) is 0 Å². The molecule has 1 atom stereocenters. The van der Waals surface area contributed by atoms with Crippen LogP contribution in [-0.4, -0.2) is 6.16 Å². The fraction of sp³-hybridized carbons (Fsp3) is 0.619. The van der Waals surface area contributed by atoms with Crippen molar-refractivity contribution in [2.75, 3.05) is 6.16 Å². The van der Waals surface area contributed by atoms with Gasteiger partial charge in [-0.2, -0.15) is 0 Å². The summed E-state index contributed by atoms with van der Waals surface area (Å²) in [6.07, 6.45) is 18.6. The lowest BCUT2D eigenvalue weighted by atomic mass is 10.0. The molecule has 0 aromatic carbocycles. The SMILES string of the molecule is CC(C)=CCCC(C)=CCCCC(C)=CCCC(C)=CCPP=O. The minimum absolute atomic E-state index is 0.285. The quantitative estimate of drug-likeness (QED) is 0.182. The van der Waals surface area contributed by atoms with E-state index >= 15 is 0 Å². The summed E-state index contributed by atoms with van der Waals surface area (Å²) >= 11 is 0. The van der Waals surface area contributed by atoms with E-state index in [0.717, 1.165) is 19.0 Å². The van der Waals surface area contributed by atoms with Crippen LogP contribution >= 0.6 is 16.4 Å². The Morgan fingerprint density at radius 1 is 0.750 bits per heavy atom. The van der Waals surface area contributed by atoms with E-state index in [-0.39, 0.29) is 8.15 Å². The maximum absolute atomic E-state index is 10.4. The third-order valence-electron chi connectivity index (χ3n) is 4.00. The maximum atomic E-state index is 10.4. The van der Waals surface area contributed by atoms with Crippen LogP contribution in [0.4, 0.5) is 0 Å². The topological polar surface area (TPSA) is 17.1 Å². The van der Waals surface area contributed by atoms with Gasteiger partial charge in [0.15, 0.2) is 8.15 Å². The van der Waals surface area contributed by atoms with E-state index in [1.807, 2.05) is 0 Å². The number of unbranched alkanes of at least 4 members (excludes halogenated alkanes) is 1. The van der Waals surface area contributed by atoms with Crippen molar-refractivity contribution in [2.24, 2.45) is 0 Å². The summed E-state index contributed by atoms with van der Waals surface area (Å²) < 4.78 is 10.4. The molecule has 136 valence electrons. The van der Waals surface area contributed by atoms with Gasteiger partial charge in [-0.1, -0.05) is 46.6 Å². The number of hydrogen-bond donors (Lipinski definition) is 0. The first-order valence-corrected chi connectivity index (χ1v) is 12.0. The Balaban J connectivity index is 3.88. The summed E-state index contributed by atoms with van der Waals surface area (Å²) in [5.41, 5.74) is 5.87. The zero-order valence-electron chi connectivity index (χ0n) is 16.3. The predicted octanol–water partition coefficient (Wildman–Crippen LogP) is 8.41. The molecule has 0 heterocycles. The average Bonchev–Trinajstić information content (AvgIpc) is 2.51. The van der Waals surface area contributed by atoms with Gasteiger partial charge in [0.05, 0.1) is 0 Å². The molecule has 0 aromatic heterocycles. The molecule has 3 heteroatoms. The van der Waals surface area contributed by atoms with Crippen LogP contribution in [0.3, 0.4) is 0 Å². The van der Waals surface area contributed by atoms with Gasteiger partial charge in [-0.3, -0.25) is 4.57 Å². The van der Waals surface area contributed by atoms with Gasteiger partial charge < -0.3 is 0 Å². The Bertz CT molecular complexity index is 466. The Morgan fingerprint density at radius 2 is 1.29 bits per heavy atom. The molecule has 0 rings (SSSR count). The summed E-state index contributed by atoms with van der Waals surface area (Å²) in [4.78, 5) is 0. The molecule has 1 nitrogen and oxygen atoms in total. The highest BCUT2D eigenvalue weighted by Crippen LogP contribution is 2.26. The van der Waals surface area contributed by atoms with E-state index in [1.165, 1.54) is 54.4 Å². The van der Waals surface area contributed by atoms with Crippen molar-refractivity contribution in [1.82, 2.24) is 0 Å². The predicted molar refractivity (Wildman–Crippen MR) is 114 cm³/mol. The van der Waals surface area contributed by atoms with E-state index in [9.17, 15) is 4.57 Å². The number of hydrogen-bond acceptors (Lipinski definition) is 1. The van der Waals surface area contributed by atoms with Gasteiger partial charge in [0.25, 0.3) is 0 Å². The van der Waals surface area contributed by atoms with Crippen molar-refractivity contribution in [3.63, 3.8) is 0 Å². The third-order valence-corrected chi connectivity index (χ3v) is 5.45. The molecule has 0 aliphatic rings. The van der Waals surface area contributed by atoms with E-state index in [1.54, 1.807) is 0 Å². The van der Waals surface area contributed by atoms with Crippen LogP contribution in [0.15, 0.2) is 46.6 Å². The number of rotatable bonds is 13. The van der Waals surface area contributed by atoms with Gasteiger partial charge in [0.2, 0.25) is 0 Å². The molecule has 0 saturated carbocycles. The second kappa shape index (κ2) is 16.0. The fourth-order valence-electron chi connectivity index (χ4n) is 2.43. The van der Waals surface area contributed by atoms with E-state index in [4.69, 9.17) is 0 Å². The first-order valence-electron chi connectivity index (χ1n) is 9.11. The van der Waals surface area contributed by atoms with Crippen LogP contribution in [0.1, 0.15) is 79.6 Å². The number of allylic oxidation sites excluding steroid dienone is 8. The zero-order chi connectivity index (χ0) is 18.2. The normalized spacial score (nSPS) is 14.0. The molecule has 0 spiro atoms. The Morgan fingerprint density at radius 3 is 1.92 bits per heavy atom. The monoisotopic (exact) mass is 366 g/mol. The lowest BCUT2D eigenvalue weighted by Crippen LogP contribution is -1.83. The minimum Gasteiger partial charge on any atom is -0.270 e. The van der Waals surface area contributed by atoms with Crippen molar-refractivity contribution in [3.05, 3.63) is 46.6 Å². The summed E-state index contributed by atoms with van der Waals surface area (Å²) in [5.74, 6) is 0. The lowest BCUT2D eigenvalue weighted by molar-refractivity contribution is 0.605. The molecule has 1 unspecified atom stereocenters. The molecule has 0 N–H and O–H groups in total. The molecular weight excluding hydrogens is 330 g/mol. The molecule has 0 aliphatic heterocycles. The standard InChI is InChI=1S/C21H36OP2/c1-18(2)10-8-13-19(3)11-6-7-12-20(4)14-9-15-21(5)16-17-23-24-22/h10-11,14,16,23H,6-9,12-13,15,17H2,1-5H3. The Hall–Kier alpha value is -0.510. The van der Waals surface area contributed by atoms with Crippen molar-refractivity contribution >= 4 is 16.4 Å². The highest BCUT2D eigenvalue weighted by Gasteiger charge is 1.94. The first-order chi connectivity index (χ1) is 11.5. The molecule has 0 aromatic rings. The van der Waals surface area contributed by atoms with Gasteiger partial charge in [0, 0.05) is 0 Å². The smallest absolute Gasteiger partial charge is 0.178 e. The summed E-state index contributed by atoms with van der Waals surface area (Å²) in [7, 11) is 0.805. The van der Waals surface area contributed by atoms with E-state index < -0.39 is 0 Å².